The molecule has 0 heterocycles. The zero-order chi connectivity index (χ0) is 6.57. The van der Waals surface area contributed by atoms with Crippen LogP contribution in [0.15, 0.2) is 0 Å². The first-order valence-corrected chi connectivity index (χ1v) is 4.86. The molecule has 0 aromatic carbocycles. The van der Waals surface area contributed by atoms with Crippen LogP contribution in [0.25, 0.3) is 0 Å². The predicted molar refractivity (Wildman–Crippen MR) is 38.3 cm³/mol. The highest BCUT2D eigenvalue weighted by molar-refractivity contribution is 8.08. The summed E-state index contributed by atoms with van der Waals surface area (Å²) in [4.78, 5) is 0. The maximum atomic E-state index is 10.3. The summed E-state index contributed by atoms with van der Waals surface area (Å²) >= 11 is 0. The molecular formula is C5H11ClOS. The van der Waals surface area contributed by atoms with Gasteiger partial charge in [-0.2, -0.15) is 0 Å². The van der Waals surface area contributed by atoms with Crippen molar-refractivity contribution in [1.82, 2.24) is 0 Å². The first kappa shape index (κ1) is 8.44. The van der Waals surface area contributed by atoms with Crippen LogP contribution >= 0.6 is 10.7 Å². The molecule has 0 aromatic heterocycles. The fourth-order valence-corrected chi connectivity index (χ4v) is 1.67. The zero-order valence-electron chi connectivity index (χ0n) is 5.19. The lowest BCUT2D eigenvalue weighted by molar-refractivity contribution is 0.620. The summed E-state index contributed by atoms with van der Waals surface area (Å²) in [6.45, 7) is 4.11. The van der Waals surface area contributed by atoms with E-state index in [-0.39, 0.29) is 0 Å². The molecule has 0 rings (SSSR count). The van der Waals surface area contributed by atoms with Gasteiger partial charge in [0, 0.05) is 5.75 Å². The summed E-state index contributed by atoms with van der Waals surface area (Å²) in [5.74, 6) is 1.12. The maximum absolute atomic E-state index is 10.3. The average Bonchev–Trinajstić information content (AvgIpc) is 1.65. The molecule has 0 saturated heterocycles. The zero-order valence-corrected chi connectivity index (χ0v) is 6.76. The second-order valence-corrected chi connectivity index (χ2v) is 3.92. The van der Waals surface area contributed by atoms with E-state index in [0.717, 1.165) is 6.42 Å². The van der Waals surface area contributed by atoms with Crippen LogP contribution in [0.2, 0.25) is 0 Å². The molecule has 0 spiro atoms. The Labute approximate surface area is 57.4 Å². The topological polar surface area (TPSA) is 17.1 Å². The summed E-state index contributed by atoms with van der Waals surface area (Å²) in [5.41, 5.74) is 0. The Hall–Kier alpha value is 0.440. The largest absolute Gasteiger partial charge is 0.243 e. The standard InChI is InChI=1S/C5H11ClOS/c1-3-5(2)4-8(6)7/h5H,3-4H2,1-2H3. The fraction of sp³-hybridized carbons (Fsp3) is 1.00. The molecule has 0 N–H and O–H groups in total. The van der Waals surface area contributed by atoms with E-state index >= 15 is 0 Å². The SMILES string of the molecule is CCC(C)CS(=O)Cl. The van der Waals surface area contributed by atoms with E-state index in [1.807, 2.05) is 6.92 Å². The van der Waals surface area contributed by atoms with Gasteiger partial charge < -0.3 is 0 Å². The third kappa shape index (κ3) is 4.60. The molecule has 2 unspecified atom stereocenters. The fourth-order valence-electron chi connectivity index (χ4n) is 0.342. The molecule has 0 aliphatic carbocycles. The van der Waals surface area contributed by atoms with Crippen molar-refractivity contribution in [3.63, 3.8) is 0 Å². The van der Waals surface area contributed by atoms with Crippen LogP contribution in [-0.2, 0) is 10.0 Å². The summed E-state index contributed by atoms with van der Waals surface area (Å²) in [6, 6.07) is 0. The molecule has 50 valence electrons. The van der Waals surface area contributed by atoms with E-state index in [9.17, 15) is 4.21 Å². The molecule has 2 atom stereocenters. The lowest BCUT2D eigenvalue weighted by Crippen LogP contribution is -2.01. The summed E-state index contributed by atoms with van der Waals surface area (Å²) in [7, 11) is 4.10. The van der Waals surface area contributed by atoms with Crippen LogP contribution in [0.5, 0.6) is 0 Å². The van der Waals surface area contributed by atoms with Gasteiger partial charge in [-0.25, -0.2) is 4.21 Å². The van der Waals surface area contributed by atoms with Crippen LogP contribution in [0, 0.1) is 5.92 Å². The predicted octanol–water partition coefficient (Wildman–Crippen LogP) is 1.94. The van der Waals surface area contributed by atoms with E-state index in [1.54, 1.807) is 0 Å². The highest BCUT2D eigenvalue weighted by Crippen LogP contribution is 2.04. The molecule has 0 bridgehead atoms. The Balaban J connectivity index is 3.24. The second kappa shape index (κ2) is 4.33. The van der Waals surface area contributed by atoms with E-state index < -0.39 is 10.0 Å². The van der Waals surface area contributed by atoms with Gasteiger partial charge in [0.1, 0.15) is 10.0 Å². The molecule has 0 aliphatic rings. The van der Waals surface area contributed by atoms with Crippen molar-refractivity contribution in [2.75, 3.05) is 5.75 Å². The number of hydrogen-bond acceptors (Lipinski definition) is 1. The van der Waals surface area contributed by atoms with Crippen molar-refractivity contribution >= 4 is 20.7 Å². The molecular weight excluding hydrogens is 144 g/mol. The minimum absolute atomic E-state index is 0.494. The van der Waals surface area contributed by atoms with Gasteiger partial charge in [0.15, 0.2) is 0 Å². The molecule has 8 heavy (non-hydrogen) atoms. The Morgan fingerprint density at radius 1 is 1.75 bits per heavy atom. The number of rotatable bonds is 3. The van der Waals surface area contributed by atoms with Gasteiger partial charge in [0.2, 0.25) is 0 Å². The third-order valence-corrected chi connectivity index (χ3v) is 2.32. The van der Waals surface area contributed by atoms with Crippen LogP contribution in [0.4, 0.5) is 0 Å². The van der Waals surface area contributed by atoms with Gasteiger partial charge in [0.25, 0.3) is 0 Å². The van der Waals surface area contributed by atoms with Gasteiger partial charge in [-0.15, -0.1) is 0 Å². The molecule has 0 radical (unpaired) electrons. The lowest BCUT2D eigenvalue weighted by atomic mass is 10.2. The Morgan fingerprint density at radius 3 is 2.38 bits per heavy atom. The molecule has 1 nitrogen and oxygen atoms in total. The molecule has 0 aromatic rings. The van der Waals surface area contributed by atoms with Crippen molar-refractivity contribution in [2.24, 2.45) is 5.92 Å². The Morgan fingerprint density at radius 2 is 2.25 bits per heavy atom. The first-order chi connectivity index (χ1) is 3.66. The van der Waals surface area contributed by atoms with Gasteiger partial charge in [-0.1, -0.05) is 20.3 Å². The highest BCUT2D eigenvalue weighted by Gasteiger charge is 2.00. The van der Waals surface area contributed by atoms with Gasteiger partial charge in [0.05, 0.1) is 0 Å². The average molecular weight is 155 g/mol. The van der Waals surface area contributed by atoms with Gasteiger partial charge in [-0.05, 0) is 16.6 Å². The van der Waals surface area contributed by atoms with Crippen LogP contribution in [-0.4, -0.2) is 9.96 Å². The van der Waals surface area contributed by atoms with Gasteiger partial charge >= 0.3 is 0 Å². The van der Waals surface area contributed by atoms with Gasteiger partial charge in [-0.3, -0.25) is 0 Å². The van der Waals surface area contributed by atoms with Crippen molar-refractivity contribution < 1.29 is 4.21 Å². The van der Waals surface area contributed by atoms with Crippen molar-refractivity contribution in [3.8, 4) is 0 Å². The summed E-state index contributed by atoms with van der Waals surface area (Å²) < 4.78 is 10.3. The second-order valence-electron chi connectivity index (χ2n) is 1.97. The van der Waals surface area contributed by atoms with E-state index in [0.29, 0.717) is 11.7 Å². The van der Waals surface area contributed by atoms with Crippen molar-refractivity contribution in [2.45, 2.75) is 20.3 Å². The van der Waals surface area contributed by atoms with Crippen LogP contribution in [0.3, 0.4) is 0 Å². The Kier molecular flexibility index (Phi) is 4.57. The quantitative estimate of drug-likeness (QED) is 0.568. The summed E-state index contributed by atoms with van der Waals surface area (Å²) in [5, 5.41) is 0. The minimum atomic E-state index is -1.12. The smallest absolute Gasteiger partial charge is 0.115 e. The van der Waals surface area contributed by atoms with Crippen molar-refractivity contribution in [3.05, 3.63) is 0 Å². The normalized spacial score (nSPS) is 17.9. The lowest BCUT2D eigenvalue weighted by Gasteiger charge is -2.01. The molecule has 0 saturated carbocycles. The molecule has 3 heteroatoms. The first-order valence-electron chi connectivity index (χ1n) is 2.71. The summed E-state index contributed by atoms with van der Waals surface area (Å²) in [6.07, 6.45) is 1.05. The van der Waals surface area contributed by atoms with E-state index in [4.69, 9.17) is 10.7 Å². The van der Waals surface area contributed by atoms with E-state index in [2.05, 4.69) is 6.92 Å². The monoisotopic (exact) mass is 154 g/mol. The molecule has 0 amide bonds. The number of halogens is 1. The number of hydrogen-bond donors (Lipinski definition) is 0. The maximum Gasteiger partial charge on any atom is 0.115 e. The molecule has 0 fully saturated rings. The van der Waals surface area contributed by atoms with Crippen LogP contribution < -0.4 is 0 Å². The van der Waals surface area contributed by atoms with Crippen molar-refractivity contribution in [1.29, 1.82) is 0 Å². The van der Waals surface area contributed by atoms with Crippen LogP contribution in [0.1, 0.15) is 20.3 Å². The molecule has 0 aliphatic heterocycles. The highest BCUT2D eigenvalue weighted by atomic mass is 35.7. The Bertz CT molecular complexity index is 84.5. The van der Waals surface area contributed by atoms with E-state index in [1.165, 1.54) is 0 Å². The minimum Gasteiger partial charge on any atom is -0.243 e. The third-order valence-electron chi connectivity index (χ3n) is 1.11.